The molecule has 1 aliphatic rings. The highest BCUT2D eigenvalue weighted by Gasteiger charge is 2.19. The largest absolute Gasteiger partial charge is 0.346 e. The van der Waals surface area contributed by atoms with Crippen LogP contribution in [0.15, 0.2) is 54.6 Å². The predicted octanol–water partition coefficient (Wildman–Crippen LogP) is 3.41. The summed E-state index contributed by atoms with van der Waals surface area (Å²) in [6.45, 7) is 3.61. The van der Waals surface area contributed by atoms with Crippen LogP contribution >= 0.6 is 0 Å². The Kier molecular flexibility index (Phi) is 4.94. The Labute approximate surface area is 142 Å². The first-order valence-corrected chi connectivity index (χ1v) is 8.40. The van der Waals surface area contributed by atoms with E-state index >= 15 is 0 Å². The minimum Gasteiger partial charge on any atom is -0.346 e. The molecule has 4 heteroatoms. The predicted molar refractivity (Wildman–Crippen MR) is 93.9 cm³/mol. The lowest BCUT2D eigenvalue weighted by molar-refractivity contribution is 0.0792. The molecule has 1 aliphatic heterocycles. The maximum atomic E-state index is 12.4. The Morgan fingerprint density at radius 2 is 1.50 bits per heavy atom. The lowest BCUT2D eigenvalue weighted by atomic mass is 10.1. The number of hydrogen-bond donors (Lipinski definition) is 1. The van der Waals surface area contributed by atoms with E-state index in [0.29, 0.717) is 11.1 Å². The van der Waals surface area contributed by atoms with Crippen molar-refractivity contribution in [1.82, 2.24) is 10.2 Å². The summed E-state index contributed by atoms with van der Waals surface area (Å²) >= 11 is 0. The molecule has 1 heterocycles. The number of amides is 2. The van der Waals surface area contributed by atoms with E-state index in [2.05, 4.69) is 5.32 Å². The number of hydrogen-bond acceptors (Lipinski definition) is 2. The van der Waals surface area contributed by atoms with Gasteiger partial charge in [-0.2, -0.15) is 0 Å². The minimum atomic E-state index is -0.133. The van der Waals surface area contributed by atoms with Crippen LogP contribution in [0.1, 0.15) is 52.1 Å². The van der Waals surface area contributed by atoms with Gasteiger partial charge < -0.3 is 10.2 Å². The molecule has 0 bridgehead atoms. The first-order valence-electron chi connectivity index (χ1n) is 8.40. The summed E-state index contributed by atoms with van der Waals surface area (Å²) in [5.41, 5.74) is 2.27. The van der Waals surface area contributed by atoms with Crippen molar-refractivity contribution in [2.24, 2.45) is 0 Å². The Balaban J connectivity index is 1.64. The fourth-order valence-corrected chi connectivity index (χ4v) is 2.97. The van der Waals surface area contributed by atoms with Gasteiger partial charge >= 0.3 is 0 Å². The SMILES string of the molecule is CC(NC(=O)c1ccc(C(=O)N2CCCC2)cc1)c1ccccc1. The highest BCUT2D eigenvalue weighted by molar-refractivity contribution is 5.98. The van der Waals surface area contributed by atoms with E-state index in [9.17, 15) is 9.59 Å². The maximum absolute atomic E-state index is 12.4. The number of benzene rings is 2. The zero-order valence-electron chi connectivity index (χ0n) is 13.9. The molecule has 2 aromatic rings. The van der Waals surface area contributed by atoms with Gasteiger partial charge in [0.25, 0.3) is 11.8 Å². The number of carbonyl (C=O) groups is 2. The molecule has 1 unspecified atom stereocenters. The number of nitrogens with zero attached hydrogens (tertiary/aromatic N) is 1. The second-order valence-corrected chi connectivity index (χ2v) is 6.18. The summed E-state index contributed by atoms with van der Waals surface area (Å²) in [7, 11) is 0. The first-order chi connectivity index (χ1) is 11.6. The van der Waals surface area contributed by atoms with Crippen molar-refractivity contribution in [2.45, 2.75) is 25.8 Å². The lowest BCUT2D eigenvalue weighted by Gasteiger charge is -2.16. The third-order valence-electron chi connectivity index (χ3n) is 4.43. The fourth-order valence-electron chi connectivity index (χ4n) is 2.97. The summed E-state index contributed by atoms with van der Waals surface area (Å²) in [6, 6.07) is 16.7. The molecule has 2 amide bonds. The standard InChI is InChI=1S/C20H22N2O2/c1-15(16-7-3-2-4-8-16)21-19(23)17-9-11-18(12-10-17)20(24)22-13-5-6-14-22/h2-4,7-12,15H,5-6,13-14H2,1H3,(H,21,23). The molecule has 4 nitrogen and oxygen atoms in total. The second-order valence-electron chi connectivity index (χ2n) is 6.18. The van der Waals surface area contributed by atoms with Crippen molar-refractivity contribution < 1.29 is 9.59 Å². The Morgan fingerprint density at radius 3 is 2.12 bits per heavy atom. The van der Waals surface area contributed by atoms with Gasteiger partial charge in [-0.05, 0) is 49.6 Å². The number of likely N-dealkylation sites (tertiary alicyclic amines) is 1. The molecule has 0 radical (unpaired) electrons. The van der Waals surface area contributed by atoms with Gasteiger partial charge in [0.2, 0.25) is 0 Å². The molecule has 24 heavy (non-hydrogen) atoms. The average Bonchev–Trinajstić information content (AvgIpc) is 3.16. The van der Waals surface area contributed by atoms with E-state index in [4.69, 9.17) is 0 Å². The number of carbonyl (C=O) groups excluding carboxylic acids is 2. The first kappa shape index (κ1) is 16.2. The van der Waals surface area contributed by atoms with E-state index in [-0.39, 0.29) is 17.9 Å². The topological polar surface area (TPSA) is 49.4 Å². The van der Waals surface area contributed by atoms with Gasteiger partial charge in [0.05, 0.1) is 6.04 Å². The molecule has 1 saturated heterocycles. The molecule has 1 N–H and O–H groups in total. The van der Waals surface area contributed by atoms with Crippen LogP contribution in [0, 0.1) is 0 Å². The van der Waals surface area contributed by atoms with Gasteiger partial charge in [-0.25, -0.2) is 0 Å². The van der Waals surface area contributed by atoms with Crippen LogP contribution in [0.25, 0.3) is 0 Å². The summed E-state index contributed by atoms with van der Waals surface area (Å²) in [5, 5.41) is 2.98. The Hall–Kier alpha value is -2.62. The van der Waals surface area contributed by atoms with Crippen LogP contribution in [-0.2, 0) is 0 Å². The van der Waals surface area contributed by atoms with Crippen molar-refractivity contribution in [3.63, 3.8) is 0 Å². The van der Waals surface area contributed by atoms with Gasteiger partial charge in [-0.1, -0.05) is 30.3 Å². The molecule has 0 saturated carbocycles. The zero-order valence-corrected chi connectivity index (χ0v) is 13.9. The smallest absolute Gasteiger partial charge is 0.253 e. The van der Waals surface area contributed by atoms with Crippen LogP contribution in [0.5, 0.6) is 0 Å². The van der Waals surface area contributed by atoms with Crippen molar-refractivity contribution in [2.75, 3.05) is 13.1 Å². The molecule has 1 atom stereocenters. The fraction of sp³-hybridized carbons (Fsp3) is 0.300. The summed E-state index contributed by atoms with van der Waals surface area (Å²) in [4.78, 5) is 26.5. The van der Waals surface area contributed by atoms with Crippen LogP contribution in [0.4, 0.5) is 0 Å². The van der Waals surface area contributed by atoms with E-state index < -0.39 is 0 Å². The minimum absolute atomic E-state index is 0.0529. The van der Waals surface area contributed by atoms with Gasteiger partial charge in [0.1, 0.15) is 0 Å². The molecule has 1 fully saturated rings. The highest BCUT2D eigenvalue weighted by Crippen LogP contribution is 2.15. The van der Waals surface area contributed by atoms with Crippen LogP contribution in [-0.4, -0.2) is 29.8 Å². The molecule has 0 aliphatic carbocycles. The molecule has 3 rings (SSSR count). The van der Waals surface area contributed by atoms with Crippen molar-refractivity contribution in [3.8, 4) is 0 Å². The van der Waals surface area contributed by atoms with Crippen molar-refractivity contribution in [3.05, 3.63) is 71.3 Å². The van der Waals surface area contributed by atoms with Crippen molar-refractivity contribution in [1.29, 1.82) is 0 Å². The number of rotatable bonds is 4. The number of nitrogens with one attached hydrogen (secondary N) is 1. The molecular formula is C20H22N2O2. The van der Waals surface area contributed by atoms with Crippen LogP contribution in [0.3, 0.4) is 0 Å². The van der Waals surface area contributed by atoms with Gasteiger partial charge in [0, 0.05) is 24.2 Å². The molecule has 0 spiro atoms. The third-order valence-corrected chi connectivity index (χ3v) is 4.43. The summed E-state index contributed by atoms with van der Waals surface area (Å²) in [5.74, 6) is -0.0800. The highest BCUT2D eigenvalue weighted by atomic mass is 16.2. The normalized spacial score (nSPS) is 15.1. The molecule has 2 aromatic carbocycles. The lowest BCUT2D eigenvalue weighted by Crippen LogP contribution is -2.28. The molecule has 0 aromatic heterocycles. The van der Waals surface area contributed by atoms with Gasteiger partial charge in [-0.3, -0.25) is 9.59 Å². The second kappa shape index (κ2) is 7.30. The van der Waals surface area contributed by atoms with E-state index in [0.717, 1.165) is 31.5 Å². The zero-order chi connectivity index (χ0) is 16.9. The van der Waals surface area contributed by atoms with Crippen molar-refractivity contribution >= 4 is 11.8 Å². The third kappa shape index (κ3) is 3.65. The van der Waals surface area contributed by atoms with Crippen LogP contribution in [0.2, 0.25) is 0 Å². The Bertz CT molecular complexity index is 704. The van der Waals surface area contributed by atoms with Crippen LogP contribution < -0.4 is 5.32 Å². The maximum Gasteiger partial charge on any atom is 0.253 e. The quantitative estimate of drug-likeness (QED) is 0.938. The van der Waals surface area contributed by atoms with Gasteiger partial charge in [-0.15, -0.1) is 0 Å². The average molecular weight is 322 g/mol. The Morgan fingerprint density at radius 1 is 0.917 bits per heavy atom. The summed E-state index contributed by atoms with van der Waals surface area (Å²) in [6.07, 6.45) is 2.15. The monoisotopic (exact) mass is 322 g/mol. The van der Waals surface area contributed by atoms with E-state index in [1.54, 1.807) is 24.3 Å². The molecular weight excluding hydrogens is 300 g/mol. The molecule has 124 valence electrons. The van der Waals surface area contributed by atoms with E-state index in [1.165, 1.54) is 0 Å². The van der Waals surface area contributed by atoms with E-state index in [1.807, 2.05) is 42.2 Å². The van der Waals surface area contributed by atoms with Gasteiger partial charge in [0.15, 0.2) is 0 Å². The summed E-state index contributed by atoms with van der Waals surface area (Å²) < 4.78 is 0.